The number of aromatic nitrogens is 2. The molecule has 7 nitrogen and oxygen atoms in total. The van der Waals surface area contributed by atoms with E-state index >= 15 is 0 Å². The number of morpholine rings is 1. The molecule has 2 atom stereocenters. The Labute approximate surface area is 156 Å². The number of primary amides is 1. The molecule has 1 fully saturated rings. The average Bonchev–Trinajstić information content (AvgIpc) is 3.06. The van der Waals surface area contributed by atoms with Crippen molar-refractivity contribution >= 4 is 23.4 Å². The van der Waals surface area contributed by atoms with Gasteiger partial charge in [0.15, 0.2) is 5.82 Å². The molecule has 2 heterocycles. The topological polar surface area (TPSA) is 98.4 Å². The lowest BCUT2D eigenvalue weighted by Crippen LogP contribution is -2.60. The van der Waals surface area contributed by atoms with Gasteiger partial charge in [0.2, 0.25) is 5.91 Å². The molecule has 0 spiro atoms. The number of rotatable bonds is 5. The van der Waals surface area contributed by atoms with Gasteiger partial charge in [-0.05, 0) is 31.9 Å². The van der Waals surface area contributed by atoms with Crippen LogP contribution in [0.15, 0.2) is 30.3 Å². The number of carbonyl (C=O) groups excluding carboxylic acids is 2. The molecule has 1 aliphatic rings. The Bertz CT molecular complexity index is 806. The standard InChI is InChI=1S/C18H22N4O3S/c1-4-22-10-18(2,3)25-17(24)13(22)12(14(19)23)16-20-15(21-26-16)11-8-6-5-7-9-11/h5-9,12-13H,4,10H2,1-3H3,(H2,19,23). The summed E-state index contributed by atoms with van der Waals surface area (Å²) in [5.74, 6) is -1.44. The summed E-state index contributed by atoms with van der Waals surface area (Å²) in [7, 11) is 0. The fraction of sp³-hybridized carbons (Fsp3) is 0.444. The largest absolute Gasteiger partial charge is 0.457 e. The number of hydrogen-bond acceptors (Lipinski definition) is 7. The zero-order chi connectivity index (χ0) is 18.9. The predicted molar refractivity (Wildman–Crippen MR) is 98.5 cm³/mol. The fourth-order valence-corrected chi connectivity index (χ4v) is 4.05. The van der Waals surface area contributed by atoms with Crippen LogP contribution in [0.4, 0.5) is 0 Å². The minimum atomic E-state index is -0.895. The number of hydrogen-bond donors (Lipinski definition) is 1. The normalized spacial score (nSPS) is 21.2. The number of cyclic esters (lactones) is 1. The first kappa shape index (κ1) is 18.5. The van der Waals surface area contributed by atoms with E-state index in [9.17, 15) is 9.59 Å². The Morgan fingerprint density at radius 1 is 1.42 bits per heavy atom. The van der Waals surface area contributed by atoms with E-state index in [-0.39, 0.29) is 0 Å². The molecule has 8 heteroatoms. The number of likely N-dealkylation sites (N-methyl/N-ethyl adjacent to an activating group) is 1. The van der Waals surface area contributed by atoms with Crippen LogP contribution in [0.25, 0.3) is 11.4 Å². The SMILES string of the molecule is CCN1CC(C)(C)OC(=O)C1C(C(N)=O)c1nc(-c2ccccc2)ns1. The highest BCUT2D eigenvalue weighted by Gasteiger charge is 2.47. The van der Waals surface area contributed by atoms with Crippen LogP contribution in [0.3, 0.4) is 0 Å². The minimum Gasteiger partial charge on any atom is -0.457 e. The van der Waals surface area contributed by atoms with Crippen molar-refractivity contribution in [2.24, 2.45) is 5.73 Å². The second-order valence-corrected chi connectivity index (χ2v) is 7.67. The van der Waals surface area contributed by atoms with Crippen molar-refractivity contribution in [3.8, 4) is 11.4 Å². The molecule has 1 saturated heterocycles. The highest BCUT2D eigenvalue weighted by atomic mass is 32.1. The second-order valence-electron chi connectivity index (χ2n) is 6.89. The van der Waals surface area contributed by atoms with Gasteiger partial charge in [-0.1, -0.05) is 37.3 Å². The smallest absolute Gasteiger partial charge is 0.325 e. The Hall–Kier alpha value is -2.32. The molecule has 0 saturated carbocycles. The summed E-state index contributed by atoms with van der Waals surface area (Å²) in [4.78, 5) is 31.3. The van der Waals surface area contributed by atoms with Crippen LogP contribution in [0, 0.1) is 0 Å². The Morgan fingerprint density at radius 2 is 2.12 bits per heavy atom. The van der Waals surface area contributed by atoms with Gasteiger partial charge in [0, 0.05) is 12.1 Å². The van der Waals surface area contributed by atoms with Gasteiger partial charge in [-0.25, -0.2) is 4.98 Å². The Morgan fingerprint density at radius 3 is 2.73 bits per heavy atom. The van der Waals surface area contributed by atoms with Crippen LogP contribution < -0.4 is 5.73 Å². The molecule has 0 radical (unpaired) electrons. The molecular weight excluding hydrogens is 352 g/mol. The van der Waals surface area contributed by atoms with E-state index in [0.717, 1.165) is 17.1 Å². The Kier molecular flexibility index (Phi) is 5.06. The monoisotopic (exact) mass is 374 g/mol. The highest BCUT2D eigenvalue weighted by Crippen LogP contribution is 2.33. The number of ether oxygens (including phenoxy) is 1. The zero-order valence-corrected chi connectivity index (χ0v) is 15.8. The molecule has 2 N–H and O–H groups in total. The van der Waals surface area contributed by atoms with Crippen molar-refractivity contribution in [2.45, 2.75) is 38.3 Å². The molecule has 3 rings (SSSR count). The summed E-state index contributed by atoms with van der Waals surface area (Å²) in [6.07, 6.45) is 0. The lowest BCUT2D eigenvalue weighted by atomic mass is 9.93. The third-order valence-electron chi connectivity index (χ3n) is 4.36. The van der Waals surface area contributed by atoms with Gasteiger partial charge in [0.05, 0.1) is 0 Å². The molecule has 1 aromatic carbocycles. The minimum absolute atomic E-state index is 0.427. The number of carbonyl (C=O) groups is 2. The fourth-order valence-electron chi connectivity index (χ4n) is 3.24. The number of nitrogens with two attached hydrogens (primary N) is 1. The molecule has 0 aliphatic carbocycles. The van der Waals surface area contributed by atoms with Crippen molar-refractivity contribution in [3.05, 3.63) is 35.3 Å². The van der Waals surface area contributed by atoms with Crippen molar-refractivity contribution in [2.75, 3.05) is 13.1 Å². The summed E-state index contributed by atoms with van der Waals surface area (Å²) >= 11 is 1.09. The first-order chi connectivity index (χ1) is 12.3. The third-order valence-corrected chi connectivity index (χ3v) is 5.16. The number of benzene rings is 1. The molecule has 1 aliphatic heterocycles. The van der Waals surface area contributed by atoms with Gasteiger partial charge >= 0.3 is 5.97 Å². The summed E-state index contributed by atoms with van der Waals surface area (Å²) in [5, 5.41) is 0.427. The summed E-state index contributed by atoms with van der Waals surface area (Å²) in [6, 6.07) is 8.67. The van der Waals surface area contributed by atoms with Gasteiger partial charge in [-0.3, -0.25) is 14.5 Å². The second kappa shape index (κ2) is 7.13. The number of esters is 1. The van der Waals surface area contributed by atoms with Crippen molar-refractivity contribution in [1.82, 2.24) is 14.3 Å². The molecule has 1 aromatic heterocycles. The zero-order valence-electron chi connectivity index (χ0n) is 15.0. The Balaban J connectivity index is 1.96. The molecular formula is C18H22N4O3S. The average molecular weight is 374 g/mol. The molecule has 1 amide bonds. The third kappa shape index (κ3) is 3.61. The predicted octanol–water partition coefficient (Wildman–Crippen LogP) is 1.80. The van der Waals surface area contributed by atoms with E-state index in [4.69, 9.17) is 10.5 Å². The first-order valence-corrected chi connectivity index (χ1v) is 9.25. The summed E-state index contributed by atoms with van der Waals surface area (Å²) in [5.41, 5.74) is 5.90. The molecule has 0 bridgehead atoms. The van der Waals surface area contributed by atoms with E-state index < -0.39 is 29.4 Å². The van der Waals surface area contributed by atoms with Gasteiger partial charge in [-0.15, -0.1) is 0 Å². The number of amides is 1. The van der Waals surface area contributed by atoms with Gasteiger partial charge in [0.1, 0.15) is 22.6 Å². The van der Waals surface area contributed by atoms with Crippen LogP contribution in [-0.4, -0.2) is 50.9 Å². The van der Waals surface area contributed by atoms with Gasteiger partial charge in [-0.2, -0.15) is 4.37 Å². The maximum absolute atomic E-state index is 12.7. The van der Waals surface area contributed by atoms with Crippen molar-refractivity contribution < 1.29 is 14.3 Å². The van der Waals surface area contributed by atoms with E-state index in [0.29, 0.717) is 23.9 Å². The van der Waals surface area contributed by atoms with Crippen LogP contribution in [-0.2, 0) is 14.3 Å². The quantitative estimate of drug-likeness (QED) is 0.802. The molecule has 2 aromatic rings. The lowest BCUT2D eigenvalue weighted by molar-refractivity contribution is -0.180. The molecule has 138 valence electrons. The lowest BCUT2D eigenvalue weighted by Gasteiger charge is -2.43. The van der Waals surface area contributed by atoms with E-state index in [2.05, 4.69) is 9.36 Å². The molecule has 26 heavy (non-hydrogen) atoms. The number of nitrogens with zero attached hydrogens (tertiary/aromatic N) is 3. The van der Waals surface area contributed by atoms with Crippen molar-refractivity contribution in [1.29, 1.82) is 0 Å². The van der Waals surface area contributed by atoms with Crippen molar-refractivity contribution in [3.63, 3.8) is 0 Å². The first-order valence-electron chi connectivity index (χ1n) is 8.47. The molecule has 2 unspecified atom stereocenters. The van der Waals surface area contributed by atoms with E-state index in [1.165, 1.54) is 0 Å². The summed E-state index contributed by atoms with van der Waals surface area (Å²) < 4.78 is 9.87. The maximum Gasteiger partial charge on any atom is 0.325 e. The van der Waals surface area contributed by atoms with E-state index in [1.54, 1.807) is 0 Å². The highest BCUT2D eigenvalue weighted by molar-refractivity contribution is 7.05. The maximum atomic E-state index is 12.7. The van der Waals surface area contributed by atoms with Gasteiger partial charge < -0.3 is 10.5 Å². The summed E-state index contributed by atoms with van der Waals surface area (Å²) in [6.45, 7) is 6.75. The van der Waals surface area contributed by atoms with Gasteiger partial charge in [0.25, 0.3) is 0 Å². The van der Waals surface area contributed by atoms with Crippen LogP contribution >= 0.6 is 11.5 Å². The van der Waals surface area contributed by atoms with E-state index in [1.807, 2.05) is 56.0 Å². The van der Waals surface area contributed by atoms with Crippen LogP contribution in [0.1, 0.15) is 31.7 Å². The van der Waals surface area contributed by atoms with Crippen LogP contribution in [0.5, 0.6) is 0 Å². The van der Waals surface area contributed by atoms with Crippen LogP contribution in [0.2, 0.25) is 0 Å².